The Morgan fingerprint density at radius 2 is 2.25 bits per heavy atom. The molecule has 16 heavy (non-hydrogen) atoms. The summed E-state index contributed by atoms with van der Waals surface area (Å²) in [5.41, 5.74) is -0.886. The van der Waals surface area contributed by atoms with Crippen LogP contribution in [0.2, 0.25) is 0 Å². The van der Waals surface area contributed by atoms with Gasteiger partial charge in [-0.2, -0.15) is 5.26 Å². The second kappa shape index (κ2) is 4.52. The Kier molecular flexibility index (Phi) is 3.53. The fourth-order valence-corrected chi connectivity index (χ4v) is 1.81. The molecule has 0 N–H and O–H groups in total. The van der Waals surface area contributed by atoms with Crippen molar-refractivity contribution in [3.63, 3.8) is 0 Å². The average Bonchev–Trinajstić information content (AvgIpc) is 2.50. The molecule has 0 bridgehead atoms. The zero-order valence-corrected chi connectivity index (χ0v) is 9.65. The van der Waals surface area contributed by atoms with Gasteiger partial charge in [0.1, 0.15) is 11.5 Å². The van der Waals surface area contributed by atoms with Crippen molar-refractivity contribution in [3.8, 4) is 6.07 Å². The van der Waals surface area contributed by atoms with Crippen molar-refractivity contribution in [1.29, 1.82) is 5.26 Å². The summed E-state index contributed by atoms with van der Waals surface area (Å²) in [5.74, 6) is -3.20. The number of hydrogen-bond acceptors (Lipinski definition) is 5. The first-order valence-corrected chi connectivity index (χ1v) is 5.29. The van der Waals surface area contributed by atoms with E-state index in [1.165, 1.54) is 0 Å². The van der Waals surface area contributed by atoms with E-state index in [-0.39, 0.29) is 6.61 Å². The molecule has 1 fully saturated rings. The molecule has 88 valence electrons. The lowest BCUT2D eigenvalue weighted by molar-refractivity contribution is -0.158. The van der Waals surface area contributed by atoms with Crippen molar-refractivity contribution in [2.24, 2.45) is 11.8 Å². The van der Waals surface area contributed by atoms with Crippen molar-refractivity contribution >= 4 is 11.9 Å². The second-order valence-corrected chi connectivity index (χ2v) is 3.92. The van der Waals surface area contributed by atoms with Crippen LogP contribution in [0.3, 0.4) is 0 Å². The van der Waals surface area contributed by atoms with Gasteiger partial charge in [-0.15, -0.1) is 0 Å². The third-order valence-corrected chi connectivity index (χ3v) is 2.96. The van der Waals surface area contributed by atoms with Crippen LogP contribution < -0.4 is 0 Å². The first-order chi connectivity index (χ1) is 7.50. The highest BCUT2D eigenvalue weighted by atomic mass is 16.6. The largest absolute Gasteiger partial charge is 0.465 e. The molecule has 0 aromatic rings. The minimum absolute atomic E-state index is 0.184. The summed E-state index contributed by atoms with van der Waals surface area (Å²) in [4.78, 5) is 23.1. The Labute approximate surface area is 94.3 Å². The van der Waals surface area contributed by atoms with Crippen molar-refractivity contribution in [2.45, 2.75) is 32.8 Å². The summed E-state index contributed by atoms with van der Waals surface area (Å²) < 4.78 is 9.89. The van der Waals surface area contributed by atoms with E-state index in [0.717, 1.165) is 0 Å². The van der Waals surface area contributed by atoms with Gasteiger partial charge in [0.25, 0.3) is 0 Å². The van der Waals surface area contributed by atoms with E-state index in [4.69, 9.17) is 14.7 Å². The first kappa shape index (κ1) is 12.5. The van der Waals surface area contributed by atoms with E-state index in [0.29, 0.717) is 6.42 Å². The van der Waals surface area contributed by atoms with Crippen LogP contribution in [0.1, 0.15) is 27.2 Å². The first-order valence-electron chi connectivity index (χ1n) is 5.29. The molecule has 3 atom stereocenters. The molecule has 5 nitrogen and oxygen atoms in total. The fraction of sp³-hybridized carbons (Fsp3) is 0.727. The maximum Gasteiger partial charge on any atom is 0.322 e. The molecule has 1 saturated heterocycles. The van der Waals surface area contributed by atoms with E-state index in [1.54, 1.807) is 13.8 Å². The Bertz CT molecular complexity index is 338. The number of esters is 2. The smallest absolute Gasteiger partial charge is 0.322 e. The molecule has 0 aromatic heterocycles. The molecule has 1 aliphatic heterocycles. The van der Waals surface area contributed by atoms with Crippen LogP contribution in [-0.2, 0) is 19.1 Å². The van der Waals surface area contributed by atoms with Crippen molar-refractivity contribution in [3.05, 3.63) is 0 Å². The zero-order chi connectivity index (χ0) is 12.3. The van der Waals surface area contributed by atoms with E-state index in [1.807, 2.05) is 13.0 Å². The minimum Gasteiger partial charge on any atom is -0.465 e. The van der Waals surface area contributed by atoms with Gasteiger partial charge in [-0.1, -0.05) is 6.92 Å². The van der Waals surface area contributed by atoms with E-state index in [2.05, 4.69) is 0 Å². The summed E-state index contributed by atoms with van der Waals surface area (Å²) in [5, 5.41) is 9.05. The zero-order valence-electron chi connectivity index (χ0n) is 9.65. The Balaban J connectivity index is 2.98. The normalized spacial score (nSPS) is 33.0. The number of nitrogens with zero attached hydrogens (tertiary/aromatic N) is 1. The molecule has 1 heterocycles. The van der Waals surface area contributed by atoms with Gasteiger partial charge in [-0.05, 0) is 20.3 Å². The maximum absolute atomic E-state index is 11.6. The van der Waals surface area contributed by atoms with Gasteiger partial charge in [-0.3, -0.25) is 9.59 Å². The molecule has 0 aromatic carbocycles. The van der Waals surface area contributed by atoms with Gasteiger partial charge in [0.15, 0.2) is 5.92 Å². The standard InChI is InChI=1S/C11H15NO4/c1-4-11(3)7(6-12)8(10(14)16-11)9(13)15-5-2/h7-8H,4-5H2,1-3H3/t7-,8+,11-/m0/s1. The summed E-state index contributed by atoms with van der Waals surface area (Å²) in [6.45, 7) is 5.31. The van der Waals surface area contributed by atoms with Gasteiger partial charge in [0.2, 0.25) is 0 Å². The van der Waals surface area contributed by atoms with Gasteiger partial charge < -0.3 is 9.47 Å². The monoisotopic (exact) mass is 225 g/mol. The van der Waals surface area contributed by atoms with E-state index < -0.39 is 29.4 Å². The Hall–Kier alpha value is -1.57. The number of carbonyl (C=O) groups is 2. The van der Waals surface area contributed by atoms with Crippen LogP contribution in [0, 0.1) is 23.2 Å². The van der Waals surface area contributed by atoms with Crippen molar-refractivity contribution in [2.75, 3.05) is 6.61 Å². The predicted octanol–water partition coefficient (Wildman–Crippen LogP) is 1.03. The third kappa shape index (κ3) is 1.87. The lowest BCUT2D eigenvalue weighted by Crippen LogP contribution is -2.34. The van der Waals surface area contributed by atoms with E-state index in [9.17, 15) is 9.59 Å². The molecule has 0 amide bonds. The minimum atomic E-state index is -1.10. The van der Waals surface area contributed by atoms with Gasteiger partial charge >= 0.3 is 11.9 Å². The third-order valence-electron chi connectivity index (χ3n) is 2.96. The highest BCUT2D eigenvalue weighted by molar-refractivity contribution is 5.97. The Morgan fingerprint density at radius 3 is 2.69 bits per heavy atom. The summed E-state index contributed by atoms with van der Waals surface area (Å²) in [6.07, 6.45) is 0.493. The maximum atomic E-state index is 11.6. The predicted molar refractivity (Wildman–Crippen MR) is 54.0 cm³/mol. The number of rotatable bonds is 3. The summed E-state index contributed by atoms with van der Waals surface area (Å²) >= 11 is 0. The average molecular weight is 225 g/mol. The molecule has 0 spiro atoms. The molecule has 0 unspecified atom stereocenters. The number of carbonyl (C=O) groups excluding carboxylic acids is 2. The molecule has 1 aliphatic rings. The number of cyclic esters (lactones) is 1. The topological polar surface area (TPSA) is 76.4 Å². The Morgan fingerprint density at radius 1 is 1.62 bits per heavy atom. The fourth-order valence-electron chi connectivity index (χ4n) is 1.81. The molecule has 0 radical (unpaired) electrons. The lowest BCUT2D eigenvalue weighted by Gasteiger charge is -2.24. The number of nitriles is 1. The molecule has 1 rings (SSSR count). The van der Waals surface area contributed by atoms with E-state index >= 15 is 0 Å². The summed E-state index contributed by atoms with van der Waals surface area (Å²) in [7, 11) is 0. The van der Waals surface area contributed by atoms with Gasteiger partial charge in [-0.25, -0.2) is 0 Å². The van der Waals surface area contributed by atoms with Crippen LogP contribution in [0.5, 0.6) is 0 Å². The van der Waals surface area contributed by atoms with Crippen LogP contribution in [-0.4, -0.2) is 24.1 Å². The van der Waals surface area contributed by atoms with Crippen LogP contribution >= 0.6 is 0 Å². The molecular formula is C11H15NO4. The molecule has 0 saturated carbocycles. The van der Waals surface area contributed by atoms with Crippen LogP contribution in [0.4, 0.5) is 0 Å². The number of hydrogen-bond donors (Lipinski definition) is 0. The van der Waals surface area contributed by atoms with Crippen molar-refractivity contribution < 1.29 is 19.1 Å². The van der Waals surface area contributed by atoms with Gasteiger partial charge in [0, 0.05) is 0 Å². The highest BCUT2D eigenvalue weighted by Crippen LogP contribution is 2.39. The SMILES string of the molecule is CCOC(=O)[C@@H]1C(=O)O[C@@](C)(CC)[C@H]1C#N. The highest BCUT2D eigenvalue weighted by Gasteiger charge is 2.56. The summed E-state index contributed by atoms with van der Waals surface area (Å²) in [6, 6.07) is 1.98. The van der Waals surface area contributed by atoms with Crippen LogP contribution in [0.25, 0.3) is 0 Å². The molecule has 0 aliphatic carbocycles. The van der Waals surface area contributed by atoms with Crippen molar-refractivity contribution in [1.82, 2.24) is 0 Å². The molecular weight excluding hydrogens is 210 g/mol. The number of ether oxygens (including phenoxy) is 2. The second-order valence-electron chi connectivity index (χ2n) is 3.92. The lowest BCUT2D eigenvalue weighted by atomic mass is 9.81. The molecule has 5 heteroatoms. The quantitative estimate of drug-likeness (QED) is 0.529. The van der Waals surface area contributed by atoms with Gasteiger partial charge in [0.05, 0.1) is 12.7 Å². The van der Waals surface area contributed by atoms with Crippen LogP contribution in [0.15, 0.2) is 0 Å².